The van der Waals surface area contributed by atoms with E-state index in [1.54, 1.807) is 18.2 Å². The van der Waals surface area contributed by atoms with Crippen molar-refractivity contribution in [3.8, 4) is 6.07 Å². The van der Waals surface area contributed by atoms with Crippen LogP contribution < -0.4 is 10.6 Å². The van der Waals surface area contributed by atoms with Gasteiger partial charge in [-0.05, 0) is 43.9 Å². The van der Waals surface area contributed by atoms with Crippen molar-refractivity contribution in [2.24, 2.45) is 11.3 Å². The molecule has 31 heavy (non-hydrogen) atoms. The van der Waals surface area contributed by atoms with Crippen LogP contribution in [-0.4, -0.2) is 58.5 Å². The number of aromatic amines is 1. The number of rotatable bonds is 3. The summed E-state index contributed by atoms with van der Waals surface area (Å²) in [6.07, 6.45) is 3.97. The van der Waals surface area contributed by atoms with Gasteiger partial charge < -0.3 is 15.5 Å². The normalized spacial score (nSPS) is 22.7. The molecule has 0 bridgehead atoms. The number of fused-ring (bicyclic) bond motifs is 1. The number of amides is 3. The minimum Gasteiger partial charge on any atom is -0.355 e. The molecule has 160 valence electrons. The van der Waals surface area contributed by atoms with Gasteiger partial charge in [0.05, 0.1) is 23.1 Å². The SMILES string of the molecule is N#Cc1ccc2[nH]nc(C(=O)N3CC4(CCC(NC(=O)C5CNC(=O)C5)CC4)C3)c2c1. The lowest BCUT2D eigenvalue weighted by Crippen LogP contribution is -2.60. The summed E-state index contributed by atoms with van der Waals surface area (Å²) >= 11 is 0. The predicted molar refractivity (Wildman–Crippen MR) is 111 cm³/mol. The molecule has 2 saturated heterocycles. The van der Waals surface area contributed by atoms with Crippen LogP contribution >= 0.6 is 0 Å². The zero-order valence-electron chi connectivity index (χ0n) is 17.1. The number of likely N-dealkylation sites (tertiary alicyclic amines) is 1. The van der Waals surface area contributed by atoms with E-state index in [2.05, 4.69) is 26.9 Å². The van der Waals surface area contributed by atoms with Crippen molar-refractivity contribution in [3.63, 3.8) is 0 Å². The summed E-state index contributed by atoms with van der Waals surface area (Å²) in [5.41, 5.74) is 1.72. The molecule has 2 aliphatic heterocycles. The Labute approximate surface area is 179 Å². The monoisotopic (exact) mass is 420 g/mol. The Morgan fingerprint density at radius 2 is 2.03 bits per heavy atom. The Morgan fingerprint density at radius 3 is 2.71 bits per heavy atom. The highest BCUT2D eigenvalue weighted by molar-refractivity contribution is 6.05. The van der Waals surface area contributed by atoms with Gasteiger partial charge >= 0.3 is 0 Å². The van der Waals surface area contributed by atoms with Crippen LogP contribution in [0.2, 0.25) is 0 Å². The molecular weight excluding hydrogens is 396 g/mol. The maximum atomic E-state index is 13.0. The molecule has 5 rings (SSSR count). The average Bonchev–Trinajstić information content (AvgIpc) is 3.38. The summed E-state index contributed by atoms with van der Waals surface area (Å²) in [7, 11) is 0. The molecule has 2 aromatic rings. The van der Waals surface area contributed by atoms with E-state index in [1.165, 1.54) is 0 Å². The molecule has 3 amide bonds. The number of benzene rings is 1. The fourth-order valence-corrected chi connectivity index (χ4v) is 5.10. The Hall–Kier alpha value is -3.41. The molecule has 3 fully saturated rings. The fourth-order valence-electron chi connectivity index (χ4n) is 5.10. The number of nitrogens with one attached hydrogen (secondary N) is 3. The van der Waals surface area contributed by atoms with Crippen LogP contribution in [-0.2, 0) is 9.59 Å². The molecule has 1 aromatic carbocycles. The van der Waals surface area contributed by atoms with Crippen LogP contribution in [0, 0.1) is 22.7 Å². The molecule has 9 nitrogen and oxygen atoms in total. The van der Waals surface area contributed by atoms with Crippen molar-refractivity contribution in [2.75, 3.05) is 19.6 Å². The summed E-state index contributed by atoms with van der Waals surface area (Å²) in [4.78, 5) is 38.5. The Balaban J connectivity index is 1.16. The lowest BCUT2D eigenvalue weighted by molar-refractivity contribution is -0.127. The zero-order valence-corrected chi connectivity index (χ0v) is 17.1. The van der Waals surface area contributed by atoms with Crippen LogP contribution in [0.1, 0.15) is 48.2 Å². The van der Waals surface area contributed by atoms with Crippen LogP contribution in [0.5, 0.6) is 0 Å². The second-order valence-corrected chi connectivity index (χ2v) is 9.09. The highest BCUT2D eigenvalue weighted by Crippen LogP contribution is 2.44. The van der Waals surface area contributed by atoms with Crippen LogP contribution in [0.3, 0.4) is 0 Å². The Kier molecular flexibility index (Phi) is 4.65. The first kappa shape index (κ1) is 19.5. The molecule has 1 spiro atoms. The molecule has 1 aromatic heterocycles. The number of hydrogen-bond donors (Lipinski definition) is 3. The lowest BCUT2D eigenvalue weighted by atomic mass is 9.67. The van der Waals surface area contributed by atoms with Gasteiger partial charge in [-0.3, -0.25) is 19.5 Å². The van der Waals surface area contributed by atoms with Crippen molar-refractivity contribution in [2.45, 2.75) is 38.1 Å². The Bertz CT molecular complexity index is 1100. The quantitative estimate of drug-likeness (QED) is 0.684. The first-order valence-corrected chi connectivity index (χ1v) is 10.7. The summed E-state index contributed by atoms with van der Waals surface area (Å²) < 4.78 is 0. The molecule has 3 aliphatic rings. The summed E-state index contributed by atoms with van der Waals surface area (Å²) in [5.74, 6) is -0.464. The van der Waals surface area contributed by atoms with Crippen LogP contribution in [0.25, 0.3) is 10.9 Å². The first-order chi connectivity index (χ1) is 15.0. The number of aromatic nitrogens is 2. The van der Waals surface area contributed by atoms with E-state index in [9.17, 15) is 14.4 Å². The van der Waals surface area contributed by atoms with Gasteiger partial charge in [0.1, 0.15) is 0 Å². The smallest absolute Gasteiger partial charge is 0.275 e. The van der Waals surface area contributed by atoms with Crippen molar-refractivity contribution < 1.29 is 14.4 Å². The number of carbonyl (C=O) groups is 3. The molecular formula is C22H24N6O3. The largest absolute Gasteiger partial charge is 0.355 e. The van der Waals surface area contributed by atoms with E-state index in [4.69, 9.17) is 5.26 Å². The molecule has 1 atom stereocenters. The Morgan fingerprint density at radius 1 is 1.26 bits per heavy atom. The fraction of sp³-hybridized carbons (Fsp3) is 0.500. The van der Waals surface area contributed by atoms with Crippen LogP contribution in [0.4, 0.5) is 0 Å². The van der Waals surface area contributed by atoms with Crippen molar-refractivity contribution in [3.05, 3.63) is 29.5 Å². The van der Waals surface area contributed by atoms with Gasteiger partial charge in [0.15, 0.2) is 5.69 Å². The molecule has 3 N–H and O–H groups in total. The molecule has 0 radical (unpaired) electrons. The maximum Gasteiger partial charge on any atom is 0.275 e. The van der Waals surface area contributed by atoms with Gasteiger partial charge in [0.2, 0.25) is 11.8 Å². The van der Waals surface area contributed by atoms with Crippen molar-refractivity contribution in [1.82, 2.24) is 25.7 Å². The van der Waals surface area contributed by atoms with E-state index in [0.717, 1.165) is 31.2 Å². The highest BCUT2D eigenvalue weighted by atomic mass is 16.2. The summed E-state index contributed by atoms with van der Waals surface area (Å²) in [6, 6.07) is 7.40. The molecule has 1 aliphatic carbocycles. The van der Waals surface area contributed by atoms with E-state index < -0.39 is 0 Å². The zero-order chi connectivity index (χ0) is 21.6. The molecule has 3 heterocycles. The van der Waals surface area contributed by atoms with E-state index in [0.29, 0.717) is 36.3 Å². The number of H-pyrrole nitrogens is 1. The highest BCUT2D eigenvalue weighted by Gasteiger charge is 2.47. The van der Waals surface area contributed by atoms with Crippen molar-refractivity contribution >= 4 is 28.6 Å². The van der Waals surface area contributed by atoms with Gasteiger partial charge in [-0.15, -0.1) is 0 Å². The molecule has 9 heteroatoms. The number of nitriles is 1. The van der Waals surface area contributed by atoms with Crippen molar-refractivity contribution in [1.29, 1.82) is 5.26 Å². The third-order valence-electron chi connectivity index (χ3n) is 6.98. The van der Waals surface area contributed by atoms with E-state index in [1.807, 2.05) is 4.90 Å². The average molecular weight is 420 g/mol. The third kappa shape index (κ3) is 3.52. The standard InChI is InChI=1S/C22H24N6O3/c23-9-13-1-2-17-16(7-13)19(27-26-17)21(31)28-11-22(12-28)5-3-15(4-6-22)25-20(30)14-8-18(29)24-10-14/h1-2,7,14-15H,3-6,8,10-12H2,(H,24,29)(H,25,30)(H,26,27). The first-order valence-electron chi connectivity index (χ1n) is 10.7. The van der Waals surface area contributed by atoms with Gasteiger partial charge in [-0.2, -0.15) is 10.4 Å². The predicted octanol–water partition coefficient (Wildman–Crippen LogP) is 1.07. The molecule has 1 unspecified atom stereocenters. The van der Waals surface area contributed by atoms with E-state index >= 15 is 0 Å². The molecule has 1 saturated carbocycles. The minimum absolute atomic E-state index is 0.0353. The van der Waals surface area contributed by atoms with Gasteiger partial charge in [0, 0.05) is 42.9 Å². The summed E-state index contributed by atoms with van der Waals surface area (Å²) in [6.45, 7) is 1.82. The maximum absolute atomic E-state index is 13.0. The van der Waals surface area contributed by atoms with Gasteiger partial charge in [-0.25, -0.2) is 0 Å². The number of nitrogens with zero attached hydrogens (tertiary/aromatic N) is 3. The third-order valence-corrected chi connectivity index (χ3v) is 6.98. The van der Waals surface area contributed by atoms with Crippen LogP contribution in [0.15, 0.2) is 18.2 Å². The number of hydrogen-bond acceptors (Lipinski definition) is 5. The lowest BCUT2D eigenvalue weighted by Gasteiger charge is -2.53. The topological polar surface area (TPSA) is 131 Å². The second-order valence-electron chi connectivity index (χ2n) is 9.09. The summed E-state index contributed by atoms with van der Waals surface area (Å²) in [5, 5.41) is 22.7. The number of carbonyl (C=O) groups excluding carboxylic acids is 3. The van der Waals surface area contributed by atoms with Gasteiger partial charge in [-0.1, -0.05) is 0 Å². The van der Waals surface area contributed by atoms with Gasteiger partial charge in [0.25, 0.3) is 5.91 Å². The van der Waals surface area contributed by atoms with E-state index in [-0.39, 0.29) is 41.5 Å². The minimum atomic E-state index is -0.259. The second kappa shape index (κ2) is 7.38.